The van der Waals surface area contributed by atoms with Crippen molar-refractivity contribution in [3.63, 3.8) is 0 Å². The molecule has 4 heteroatoms. The molecule has 1 aromatic rings. The van der Waals surface area contributed by atoms with Crippen LogP contribution in [0, 0.1) is 0 Å². The zero-order valence-corrected chi connectivity index (χ0v) is 11.2. The molecule has 2 heterocycles. The predicted octanol–water partition coefficient (Wildman–Crippen LogP) is 1.55. The standard InChI is InChI=1S/C13H24N4/c1-4-7-17(13-5-6-14-9-13)11(2)12-8-15-16(3)10-12/h8,10-11,13-14H,4-7,9H2,1-3H3. The fraction of sp³-hybridized carbons (Fsp3) is 0.769. The summed E-state index contributed by atoms with van der Waals surface area (Å²) < 4.78 is 1.89. The van der Waals surface area contributed by atoms with Gasteiger partial charge in [-0.05, 0) is 32.9 Å². The van der Waals surface area contributed by atoms with Gasteiger partial charge in [-0.25, -0.2) is 0 Å². The maximum atomic E-state index is 4.28. The molecular formula is C13H24N4. The van der Waals surface area contributed by atoms with Crippen LogP contribution in [0.5, 0.6) is 0 Å². The highest BCUT2D eigenvalue weighted by Gasteiger charge is 2.26. The van der Waals surface area contributed by atoms with Gasteiger partial charge in [0.1, 0.15) is 0 Å². The highest BCUT2D eigenvalue weighted by Crippen LogP contribution is 2.24. The maximum absolute atomic E-state index is 4.28. The second kappa shape index (κ2) is 5.65. The predicted molar refractivity (Wildman–Crippen MR) is 69.9 cm³/mol. The van der Waals surface area contributed by atoms with Crippen LogP contribution in [0.25, 0.3) is 0 Å². The first-order chi connectivity index (χ1) is 8.22. The third-order valence-electron chi connectivity index (χ3n) is 3.69. The number of aryl methyl sites for hydroxylation is 1. The molecule has 1 aromatic heterocycles. The van der Waals surface area contributed by atoms with E-state index in [-0.39, 0.29) is 0 Å². The summed E-state index contributed by atoms with van der Waals surface area (Å²) in [5.74, 6) is 0. The van der Waals surface area contributed by atoms with Gasteiger partial charge in [0.15, 0.2) is 0 Å². The Hall–Kier alpha value is -0.870. The molecule has 96 valence electrons. The molecule has 0 bridgehead atoms. The average Bonchev–Trinajstić information content (AvgIpc) is 2.95. The van der Waals surface area contributed by atoms with Crippen molar-refractivity contribution in [3.05, 3.63) is 18.0 Å². The van der Waals surface area contributed by atoms with Gasteiger partial charge in [-0.2, -0.15) is 5.10 Å². The topological polar surface area (TPSA) is 33.1 Å². The quantitative estimate of drug-likeness (QED) is 0.842. The molecule has 0 spiro atoms. The maximum Gasteiger partial charge on any atom is 0.0537 e. The van der Waals surface area contributed by atoms with Crippen LogP contribution in [0.1, 0.15) is 38.3 Å². The molecule has 1 saturated heterocycles. The summed E-state index contributed by atoms with van der Waals surface area (Å²) in [6.45, 7) is 8.01. The van der Waals surface area contributed by atoms with Gasteiger partial charge in [-0.15, -0.1) is 0 Å². The zero-order chi connectivity index (χ0) is 12.3. The number of nitrogens with one attached hydrogen (secondary N) is 1. The normalized spacial score (nSPS) is 22.2. The van der Waals surface area contributed by atoms with E-state index in [1.807, 2.05) is 17.9 Å². The van der Waals surface area contributed by atoms with E-state index in [2.05, 4.69) is 35.4 Å². The van der Waals surface area contributed by atoms with E-state index in [4.69, 9.17) is 0 Å². The lowest BCUT2D eigenvalue weighted by Crippen LogP contribution is -2.39. The van der Waals surface area contributed by atoms with Gasteiger partial charge < -0.3 is 5.32 Å². The Morgan fingerprint density at radius 2 is 2.47 bits per heavy atom. The minimum absolute atomic E-state index is 0.466. The van der Waals surface area contributed by atoms with Crippen molar-refractivity contribution in [3.8, 4) is 0 Å². The number of hydrogen-bond acceptors (Lipinski definition) is 3. The molecule has 1 aliphatic rings. The second-order valence-corrected chi connectivity index (χ2v) is 5.01. The fourth-order valence-electron chi connectivity index (χ4n) is 2.72. The van der Waals surface area contributed by atoms with Gasteiger partial charge in [-0.1, -0.05) is 6.92 Å². The lowest BCUT2D eigenvalue weighted by molar-refractivity contribution is 0.153. The molecule has 2 rings (SSSR count). The summed E-state index contributed by atoms with van der Waals surface area (Å²) in [6, 6.07) is 1.15. The number of aromatic nitrogens is 2. The first-order valence-corrected chi connectivity index (χ1v) is 6.67. The van der Waals surface area contributed by atoms with Gasteiger partial charge >= 0.3 is 0 Å². The van der Waals surface area contributed by atoms with Crippen LogP contribution >= 0.6 is 0 Å². The van der Waals surface area contributed by atoms with Gasteiger partial charge in [0, 0.05) is 37.4 Å². The minimum atomic E-state index is 0.466. The van der Waals surface area contributed by atoms with Crippen molar-refractivity contribution in [2.24, 2.45) is 7.05 Å². The first-order valence-electron chi connectivity index (χ1n) is 6.67. The highest BCUT2D eigenvalue weighted by atomic mass is 15.3. The van der Waals surface area contributed by atoms with Gasteiger partial charge in [0.25, 0.3) is 0 Å². The molecule has 17 heavy (non-hydrogen) atoms. The molecule has 0 aliphatic carbocycles. The number of rotatable bonds is 5. The zero-order valence-electron chi connectivity index (χ0n) is 11.2. The van der Waals surface area contributed by atoms with Crippen LogP contribution in [-0.4, -0.2) is 40.4 Å². The van der Waals surface area contributed by atoms with Crippen LogP contribution in [0.4, 0.5) is 0 Å². The monoisotopic (exact) mass is 236 g/mol. The summed E-state index contributed by atoms with van der Waals surface area (Å²) >= 11 is 0. The Kier molecular flexibility index (Phi) is 4.18. The van der Waals surface area contributed by atoms with Gasteiger partial charge in [0.05, 0.1) is 6.20 Å². The van der Waals surface area contributed by atoms with E-state index in [9.17, 15) is 0 Å². The average molecular weight is 236 g/mol. The first kappa shape index (κ1) is 12.6. The largest absolute Gasteiger partial charge is 0.315 e. The van der Waals surface area contributed by atoms with E-state index in [0.717, 1.165) is 13.1 Å². The van der Waals surface area contributed by atoms with E-state index in [0.29, 0.717) is 12.1 Å². The molecule has 1 aliphatic heterocycles. The fourth-order valence-corrected chi connectivity index (χ4v) is 2.72. The Bertz CT molecular complexity index is 341. The minimum Gasteiger partial charge on any atom is -0.315 e. The summed E-state index contributed by atoms with van der Waals surface area (Å²) in [6.07, 6.45) is 6.61. The molecule has 1 fully saturated rings. The van der Waals surface area contributed by atoms with Gasteiger partial charge in [0.2, 0.25) is 0 Å². The summed E-state index contributed by atoms with van der Waals surface area (Å²) in [7, 11) is 1.98. The van der Waals surface area contributed by atoms with E-state index in [1.165, 1.54) is 24.9 Å². The highest BCUT2D eigenvalue weighted by molar-refractivity contribution is 5.10. The second-order valence-electron chi connectivity index (χ2n) is 5.01. The summed E-state index contributed by atoms with van der Waals surface area (Å²) in [5.41, 5.74) is 1.33. The van der Waals surface area contributed by atoms with E-state index >= 15 is 0 Å². The Morgan fingerprint density at radius 3 is 3.00 bits per heavy atom. The molecule has 2 atom stereocenters. The van der Waals surface area contributed by atoms with Crippen molar-refractivity contribution in [1.82, 2.24) is 20.0 Å². The summed E-state index contributed by atoms with van der Waals surface area (Å²) in [4.78, 5) is 2.62. The van der Waals surface area contributed by atoms with E-state index < -0.39 is 0 Å². The van der Waals surface area contributed by atoms with Crippen LogP contribution in [-0.2, 0) is 7.05 Å². The molecule has 2 unspecified atom stereocenters. The Morgan fingerprint density at radius 1 is 1.65 bits per heavy atom. The summed E-state index contributed by atoms with van der Waals surface area (Å²) in [5, 5.41) is 7.74. The molecule has 0 saturated carbocycles. The molecule has 4 nitrogen and oxygen atoms in total. The smallest absolute Gasteiger partial charge is 0.0537 e. The van der Waals surface area contributed by atoms with Crippen LogP contribution in [0.15, 0.2) is 12.4 Å². The van der Waals surface area contributed by atoms with Crippen molar-refractivity contribution in [2.75, 3.05) is 19.6 Å². The molecular weight excluding hydrogens is 212 g/mol. The van der Waals surface area contributed by atoms with Crippen LogP contribution in [0.2, 0.25) is 0 Å². The third kappa shape index (κ3) is 2.87. The third-order valence-corrected chi connectivity index (χ3v) is 3.69. The van der Waals surface area contributed by atoms with Crippen LogP contribution in [0.3, 0.4) is 0 Å². The van der Waals surface area contributed by atoms with Gasteiger partial charge in [-0.3, -0.25) is 9.58 Å². The Labute approximate surface area is 104 Å². The molecule has 0 radical (unpaired) electrons. The van der Waals surface area contributed by atoms with E-state index in [1.54, 1.807) is 0 Å². The molecule has 0 amide bonds. The van der Waals surface area contributed by atoms with Crippen molar-refractivity contribution >= 4 is 0 Å². The molecule has 1 N–H and O–H groups in total. The lowest BCUT2D eigenvalue weighted by atomic mass is 10.1. The number of hydrogen-bond donors (Lipinski definition) is 1. The molecule has 0 aromatic carbocycles. The number of nitrogens with zero attached hydrogens (tertiary/aromatic N) is 3. The van der Waals surface area contributed by atoms with Crippen molar-refractivity contribution in [1.29, 1.82) is 0 Å². The van der Waals surface area contributed by atoms with Crippen molar-refractivity contribution in [2.45, 2.75) is 38.8 Å². The van der Waals surface area contributed by atoms with Crippen molar-refractivity contribution < 1.29 is 0 Å². The SMILES string of the molecule is CCCN(C1CCNC1)C(C)c1cnn(C)c1. The van der Waals surface area contributed by atoms with Crippen LogP contribution < -0.4 is 5.32 Å². The Balaban J connectivity index is 2.08. The lowest BCUT2D eigenvalue weighted by Gasteiger charge is -2.33.